The van der Waals surface area contributed by atoms with Gasteiger partial charge in [-0.3, -0.25) is 4.79 Å². The highest BCUT2D eigenvalue weighted by molar-refractivity contribution is 7.09. The normalized spacial score (nSPS) is 24.6. The van der Waals surface area contributed by atoms with E-state index in [-0.39, 0.29) is 11.9 Å². The van der Waals surface area contributed by atoms with E-state index in [4.69, 9.17) is 0 Å². The van der Waals surface area contributed by atoms with Gasteiger partial charge in [-0.05, 0) is 19.3 Å². The molecule has 1 saturated carbocycles. The van der Waals surface area contributed by atoms with Crippen LogP contribution < -0.4 is 5.32 Å². The number of aromatic nitrogens is 1. The lowest BCUT2D eigenvalue weighted by Crippen LogP contribution is -2.39. The zero-order valence-corrected chi connectivity index (χ0v) is 10.6. The van der Waals surface area contributed by atoms with Gasteiger partial charge in [0.05, 0.1) is 11.0 Å². The maximum Gasteiger partial charge on any atom is 0.239 e. The minimum absolute atomic E-state index is 0.0822. The molecule has 3 rings (SSSR count). The molecule has 0 aromatic carbocycles. The molecule has 2 aliphatic rings. The van der Waals surface area contributed by atoms with Gasteiger partial charge in [-0.2, -0.15) is 0 Å². The number of nitrogens with zero attached hydrogens (tertiary/aromatic N) is 2. The van der Waals surface area contributed by atoms with Crippen LogP contribution in [-0.2, 0) is 11.2 Å². The van der Waals surface area contributed by atoms with Crippen LogP contribution in [0.2, 0.25) is 0 Å². The second kappa shape index (κ2) is 4.74. The van der Waals surface area contributed by atoms with Crippen LogP contribution in [0.5, 0.6) is 0 Å². The third-order valence-electron chi connectivity index (χ3n) is 3.39. The molecule has 4 nitrogen and oxygen atoms in total. The van der Waals surface area contributed by atoms with Crippen LogP contribution in [0.25, 0.3) is 0 Å². The van der Waals surface area contributed by atoms with Crippen LogP contribution in [0.1, 0.15) is 24.3 Å². The highest BCUT2D eigenvalue weighted by atomic mass is 32.1. The Morgan fingerprint density at radius 1 is 1.47 bits per heavy atom. The Balaban J connectivity index is 1.49. The van der Waals surface area contributed by atoms with Gasteiger partial charge in [0.25, 0.3) is 0 Å². The van der Waals surface area contributed by atoms with Gasteiger partial charge in [0, 0.05) is 37.1 Å². The quantitative estimate of drug-likeness (QED) is 0.850. The first-order valence-corrected chi connectivity index (χ1v) is 7.14. The van der Waals surface area contributed by atoms with E-state index in [1.165, 1.54) is 12.8 Å². The summed E-state index contributed by atoms with van der Waals surface area (Å²) in [6.07, 6.45) is 6.15. The van der Waals surface area contributed by atoms with Crippen molar-refractivity contribution in [2.45, 2.75) is 37.8 Å². The Bertz CT molecular complexity index is 388. The summed E-state index contributed by atoms with van der Waals surface area (Å²) in [6, 6.07) is 0.696. The van der Waals surface area contributed by atoms with E-state index in [0.717, 1.165) is 30.9 Å². The lowest BCUT2D eigenvalue weighted by atomic mass is 10.2. The number of rotatable bonds is 5. The molecule has 2 heterocycles. The minimum atomic E-state index is 0.0822. The monoisotopic (exact) mass is 251 g/mol. The third kappa shape index (κ3) is 2.66. The first kappa shape index (κ1) is 11.2. The van der Waals surface area contributed by atoms with Crippen molar-refractivity contribution in [1.29, 1.82) is 0 Å². The predicted octanol–water partition coefficient (Wildman–Crippen LogP) is 1.04. The lowest BCUT2D eigenvalue weighted by molar-refractivity contribution is -0.129. The molecule has 1 aromatic rings. The third-order valence-corrected chi connectivity index (χ3v) is 4.23. The molecule has 17 heavy (non-hydrogen) atoms. The van der Waals surface area contributed by atoms with Gasteiger partial charge in [0.1, 0.15) is 0 Å². The van der Waals surface area contributed by atoms with Crippen molar-refractivity contribution < 1.29 is 4.79 Å². The molecule has 1 N–H and O–H groups in total. The van der Waals surface area contributed by atoms with Crippen LogP contribution in [-0.4, -0.2) is 41.0 Å². The molecular formula is C12H17N3OS. The average molecular weight is 251 g/mol. The van der Waals surface area contributed by atoms with Gasteiger partial charge >= 0.3 is 0 Å². The Hall–Kier alpha value is -0.940. The first-order valence-electron chi connectivity index (χ1n) is 6.26. The van der Waals surface area contributed by atoms with Gasteiger partial charge in [-0.25, -0.2) is 4.98 Å². The van der Waals surface area contributed by atoms with E-state index in [9.17, 15) is 4.79 Å². The molecule has 1 saturated heterocycles. The van der Waals surface area contributed by atoms with E-state index in [1.807, 2.05) is 16.5 Å². The standard InChI is InChI=1S/C12H17N3OS/c16-12-10(14-9-1-2-9)3-6-15(12)7-4-11-13-5-8-17-11/h5,8-10,14H,1-4,6-7H2. The maximum absolute atomic E-state index is 12.1. The Morgan fingerprint density at radius 3 is 3.06 bits per heavy atom. The van der Waals surface area contributed by atoms with Crippen molar-refractivity contribution >= 4 is 17.2 Å². The zero-order chi connectivity index (χ0) is 11.7. The molecule has 1 aromatic heterocycles. The van der Waals surface area contributed by atoms with Crippen LogP contribution in [0.4, 0.5) is 0 Å². The number of thiazole rings is 1. The van der Waals surface area contributed by atoms with E-state index in [1.54, 1.807) is 11.3 Å². The highest BCUT2D eigenvalue weighted by Gasteiger charge is 2.35. The molecule has 1 atom stereocenters. The number of carbonyl (C=O) groups excluding carboxylic acids is 1. The van der Waals surface area contributed by atoms with E-state index >= 15 is 0 Å². The molecule has 0 spiro atoms. The highest BCUT2D eigenvalue weighted by Crippen LogP contribution is 2.22. The molecule has 92 valence electrons. The topological polar surface area (TPSA) is 45.2 Å². The van der Waals surface area contributed by atoms with Crippen LogP contribution in [0.15, 0.2) is 11.6 Å². The van der Waals surface area contributed by atoms with Crippen molar-refractivity contribution in [3.63, 3.8) is 0 Å². The van der Waals surface area contributed by atoms with Crippen molar-refractivity contribution in [2.24, 2.45) is 0 Å². The summed E-state index contributed by atoms with van der Waals surface area (Å²) in [5.41, 5.74) is 0. The molecule has 2 fully saturated rings. The van der Waals surface area contributed by atoms with Crippen molar-refractivity contribution in [1.82, 2.24) is 15.2 Å². The summed E-state index contributed by atoms with van der Waals surface area (Å²) in [4.78, 5) is 18.3. The molecule has 5 heteroatoms. The lowest BCUT2D eigenvalue weighted by Gasteiger charge is -2.16. The summed E-state index contributed by atoms with van der Waals surface area (Å²) in [7, 11) is 0. The Morgan fingerprint density at radius 2 is 2.35 bits per heavy atom. The van der Waals surface area contributed by atoms with E-state index < -0.39 is 0 Å². The second-order valence-electron chi connectivity index (χ2n) is 4.78. The van der Waals surface area contributed by atoms with E-state index in [2.05, 4.69) is 10.3 Å². The first-order chi connectivity index (χ1) is 8.33. The second-order valence-corrected chi connectivity index (χ2v) is 5.76. The molecule has 1 unspecified atom stereocenters. The van der Waals surface area contributed by atoms with Gasteiger partial charge in [-0.1, -0.05) is 0 Å². The van der Waals surface area contributed by atoms with Crippen molar-refractivity contribution in [3.05, 3.63) is 16.6 Å². The summed E-state index contributed by atoms with van der Waals surface area (Å²) in [5, 5.41) is 6.53. The molecule has 1 amide bonds. The summed E-state index contributed by atoms with van der Waals surface area (Å²) < 4.78 is 0. The summed E-state index contributed by atoms with van der Waals surface area (Å²) in [6.45, 7) is 1.71. The van der Waals surface area contributed by atoms with Gasteiger partial charge in [-0.15, -0.1) is 11.3 Å². The summed E-state index contributed by atoms with van der Waals surface area (Å²) in [5.74, 6) is 0.286. The largest absolute Gasteiger partial charge is 0.341 e. The zero-order valence-electron chi connectivity index (χ0n) is 9.76. The van der Waals surface area contributed by atoms with Gasteiger partial charge in [0.15, 0.2) is 0 Å². The van der Waals surface area contributed by atoms with Gasteiger partial charge < -0.3 is 10.2 Å². The smallest absolute Gasteiger partial charge is 0.239 e. The summed E-state index contributed by atoms with van der Waals surface area (Å²) >= 11 is 1.66. The Kier molecular flexibility index (Phi) is 3.11. The van der Waals surface area contributed by atoms with Crippen molar-refractivity contribution in [3.8, 4) is 0 Å². The molecule has 1 aliphatic carbocycles. The van der Waals surface area contributed by atoms with Crippen LogP contribution in [0, 0.1) is 0 Å². The fourth-order valence-corrected chi connectivity index (χ4v) is 2.87. The fourth-order valence-electron chi connectivity index (χ4n) is 2.26. The number of likely N-dealkylation sites (tertiary alicyclic amines) is 1. The minimum Gasteiger partial charge on any atom is -0.341 e. The number of hydrogen-bond acceptors (Lipinski definition) is 4. The van der Waals surface area contributed by atoms with Crippen LogP contribution >= 0.6 is 11.3 Å². The molecule has 0 bridgehead atoms. The van der Waals surface area contributed by atoms with Crippen LogP contribution in [0.3, 0.4) is 0 Å². The molecule has 0 radical (unpaired) electrons. The number of carbonyl (C=O) groups is 1. The number of hydrogen-bond donors (Lipinski definition) is 1. The Labute approximate surface area is 105 Å². The predicted molar refractivity (Wildman–Crippen MR) is 67.0 cm³/mol. The van der Waals surface area contributed by atoms with Crippen molar-refractivity contribution in [2.75, 3.05) is 13.1 Å². The van der Waals surface area contributed by atoms with E-state index in [0.29, 0.717) is 6.04 Å². The number of amides is 1. The SMILES string of the molecule is O=C1C(NC2CC2)CCN1CCc1nccs1. The number of nitrogens with one attached hydrogen (secondary N) is 1. The fraction of sp³-hybridized carbons (Fsp3) is 0.667. The average Bonchev–Trinajstić information content (AvgIpc) is 2.86. The van der Waals surface area contributed by atoms with Gasteiger partial charge in [0.2, 0.25) is 5.91 Å². The molecular weight excluding hydrogens is 234 g/mol. The maximum atomic E-state index is 12.1. The molecule has 1 aliphatic heterocycles.